The summed E-state index contributed by atoms with van der Waals surface area (Å²) < 4.78 is 5.39. The van der Waals surface area contributed by atoms with Crippen molar-refractivity contribution >= 4 is 12.0 Å². The van der Waals surface area contributed by atoms with Gasteiger partial charge >= 0.3 is 6.09 Å². The maximum atomic E-state index is 11.7. The van der Waals surface area contributed by atoms with Gasteiger partial charge in [0.2, 0.25) is 5.91 Å². The van der Waals surface area contributed by atoms with Gasteiger partial charge in [-0.2, -0.15) is 0 Å². The summed E-state index contributed by atoms with van der Waals surface area (Å²) in [5.41, 5.74) is 0. The van der Waals surface area contributed by atoms with Crippen molar-refractivity contribution in [3.63, 3.8) is 0 Å². The van der Waals surface area contributed by atoms with Crippen LogP contribution < -0.4 is 10.6 Å². The van der Waals surface area contributed by atoms with Crippen molar-refractivity contribution < 1.29 is 39.9 Å². The molecule has 0 spiro atoms. The van der Waals surface area contributed by atoms with E-state index < -0.39 is 43.2 Å². The summed E-state index contributed by atoms with van der Waals surface area (Å²) in [5.74, 6) is -0.106. The van der Waals surface area contributed by atoms with Gasteiger partial charge in [-0.3, -0.25) is 4.79 Å². The Morgan fingerprint density at radius 3 is 2.15 bits per heavy atom. The van der Waals surface area contributed by atoms with Gasteiger partial charge in [-0.15, -0.1) is 0 Å². The van der Waals surface area contributed by atoms with Crippen LogP contribution in [-0.2, 0) is 9.53 Å². The lowest BCUT2D eigenvalue weighted by Crippen LogP contribution is -2.58. The molecule has 7 N–H and O–H groups in total. The fourth-order valence-corrected chi connectivity index (χ4v) is 2.82. The Morgan fingerprint density at radius 1 is 0.846 bits per heavy atom. The molecule has 1 aliphatic heterocycles. The first-order valence-electron chi connectivity index (χ1n) is 8.90. The van der Waals surface area contributed by atoms with Crippen molar-refractivity contribution in [1.29, 1.82) is 0 Å². The molecule has 10 nitrogen and oxygen atoms in total. The molecule has 2 amide bonds. The number of hydrogen-bond acceptors (Lipinski definition) is 7. The molecule has 0 aromatic heterocycles. The SMILES string of the molecule is O=C(O)NCCCCCC(=O)NCCC[C@H]1O[C@H](CO)[C@@H](O)[C@H](O)[C@@H]1O. The Kier molecular flexibility index (Phi) is 10.4. The molecule has 0 aromatic carbocycles. The predicted molar refractivity (Wildman–Crippen MR) is 90.5 cm³/mol. The van der Waals surface area contributed by atoms with Crippen LogP contribution >= 0.6 is 0 Å². The van der Waals surface area contributed by atoms with Crippen LogP contribution in [0.5, 0.6) is 0 Å². The lowest BCUT2D eigenvalue weighted by molar-refractivity contribution is -0.230. The van der Waals surface area contributed by atoms with Crippen LogP contribution in [0.25, 0.3) is 0 Å². The van der Waals surface area contributed by atoms with Gasteiger partial charge in [-0.05, 0) is 25.7 Å². The summed E-state index contributed by atoms with van der Waals surface area (Å²) in [4.78, 5) is 21.9. The summed E-state index contributed by atoms with van der Waals surface area (Å²) in [6.07, 6.45) is -3.35. The lowest BCUT2D eigenvalue weighted by atomic mass is 9.93. The number of rotatable bonds is 11. The standard InChI is InChI=1S/C16H30N2O8/c19-9-11-14(22)15(23)13(21)10(26-11)5-4-8-17-12(20)6-2-1-3-7-18-16(24)25/h10-11,13-15,18-19,21-23H,1-9H2,(H,17,20)(H,24,25)/t10-,11-,13-,14-,15-/m1/s1. The first kappa shape index (κ1) is 22.6. The third-order valence-corrected chi connectivity index (χ3v) is 4.34. The first-order valence-corrected chi connectivity index (χ1v) is 8.90. The van der Waals surface area contributed by atoms with Crippen molar-refractivity contribution in [2.24, 2.45) is 0 Å². The molecule has 0 saturated carbocycles. The Morgan fingerprint density at radius 2 is 1.50 bits per heavy atom. The highest BCUT2D eigenvalue weighted by atomic mass is 16.5. The third-order valence-electron chi connectivity index (χ3n) is 4.34. The van der Waals surface area contributed by atoms with E-state index in [1.165, 1.54) is 0 Å². The molecule has 0 aromatic rings. The zero-order valence-corrected chi connectivity index (χ0v) is 14.7. The molecule has 26 heavy (non-hydrogen) atoms. The summed E-state index contributed by atoms with van der Waals surface area (Å²) in [7, 11) is 0. The number of nitrogens with one attached hydrogen (secondary N) is 2. The summed E-state index contributed by atoms with van der Waals surface area (Å²) in [5, 5.41) is 51.8. The van der Waals surface area contributed by atoms with Crippen molar-refractivity contribution in [3.8, 4) is 0 Å². The van der Waals surface area contributed by atoms with Gasteiger partial charge in [0.15, 0.2) is 0 Å². The molecule has 0 unspecified atom stereocenters. The number of carbonyl (C=O) groups is 2. The normalized spacial score (nSPS) is 28.5. The molecule has 0 aliphatic carbocycles. The molecular formula is C16H30N2O8. The minimum absolute atomic E-state index is 0.106. The van der Waals surface area contributed by atoms with Gasteiger partial charge in [0, 0.05) is 19.5 Å². The van der Waals surface area contributed by atoms with Crippen LogP contribution in [0.15, 0.2) is 0 Å². The molecule has 0 bridgehead atoms. The average molecular weight is 378 g/mol. The van der Waals surface area contributed by atoms with E-state index in [0.29, 0.717) is 45.2 Å². The highest BCUT2D eigenvalue weighted by Crippen LogP contribution is 2.23. The van der Waals surface area contributed by atoms with E-state index in [2.05, 4.69) is 10.6 Å². The van der Waals surface area contributed by atoms with Gasteiger partial charge in [0.05, 0.1) is 12.7 Å². The Bertz CT molecular complexity index is 434. The number of hydrogen-bond donors (Lipinski definition) is 7. The molecule has 10 heteroatoms. The Hall–Kier alpha value is -1.46. The maximum absolute atomic E-state index is 11.7. The molecule has 1 aliphatic rings. The van der Waals surface area contributed by atoms with E-state index in [1.807, 2.05) is 0 Å². The molecule has 1 fully saturated rings. The lowest BCUT2D eigenvalue weighted by Gasteiger charge is -2.40. The van der Waals surface area contributed by atoms with Crippen LogP contribution in [-0.4, -0.2) is 87.7 Å². The third kappa shape index (κ3) is 7.83. The topological polar surface area (TPSA) is 169 Å². The molecule has 1 rings (SSSR count). The summed E-state index contributed by atoms with van der Waals surface area (Å²) in [6, 6.07) is 0. The second-order valence-electron chi connectivity index (χ2n) is 6.40. The quantitative estimate of drug-likeness (QED) is 0.214. The zero-order valence-electron chi connectivity index (χ0n) is 14.7. The van der Waals surface area contributed by atoms with Crippen LogP contribution in [0.1, 0.15) is 38.5 Å². The first-order chi connectivity index (χ1) is 12.4. The molecule has 152 valence electrons. The van der Waals surface area contributed by atoms with Crippen LogP contribution in [0, 0.1) is 0 Å². The van der Waals surface area contributed by atoms with Crippen molar-refractivity contribution in [2.75, 3.05) is 19.7 Å². The van der Waals surface area contributed by atoms with Gasteiger partial charge in [0.25, 0.3) is 0 Å². The van der Waals surface area contributed by atoms with Crippen molar-refractivity contribution in [2.45, 2.75) is 69.0 Å². The number of ether oxygens (including phenoxy) is 1. The van der Waals surface area contributed by atoms with E-state index in [9.17, 15) is 24.9 Å². The van der Waals surface area contributed by atoms with Crippen LogP contribution in [0.3, 0.4) is 0 Å². The Labute approximate surface area is 152 Å². The average Bonchev–Trinajstić information content (AvgIpc) is 2.61. The molecule has 5 atom stereocenters. The predicted octanol–water partition coefficient (Wildman–Crippen LogP) is -1.45. The molecule has 1 heterocycles. The van der Waals surface area contributed by atoms with E-state index in [1.54, 1.807) is 0 Å². The fourth-order valence-electron chi connectivity index (χ4n) is 2.82. The van der Waals surface area contributed by atoms with Crippen LogP contribution in [0.4, 0.5) is 4.79 Å². The summed E-state index contributed by atoms with van der Waals surface area (Å²) in [6.45, 7) is 0.296. The summed E-state index contributed by atoms with van der Waals surface area (Å²) >= 11 is 0. The van der Waals surface area contributed by atoms with E-state index in [4.69, 9.17) is 14.9 Å². The van der Waals surface area contributed by atoms with Crippen LogP contribution in [0.2, 0.25) is 0 Å². The highest BCUT2D eigenvalue weighted by molar-refractivity contribution is 5.75. The van der Waals surface area contributed by atoms with E-state index in [0.717, 1.165) is 6.42 Å². The minimum atomic E-state index is -1.38. The largest absolute Gasteiger partial charge is 0.465 e. The van der Waals surface area contributed by atoms with Gasteiger partial charge < -0.3 is 40.9 Å². The van der Waals surface area contributed by atoms with Gasteiger partial charge in [-0.1, -0.05) is 6.42 Å². The van der Waals surface area contributed by atoms with E-state index in [-0.39, 0.29) is 5.91 Å². The monoisotopic (exact) mass is 378 g/mol. The molecular weight excluding hydrogens is 348 g/mol. The second kappa shape index (κ2) is 12.0. The Balaban J connectivity index is 2.11. The fraction of sp³-hybridized carbons (Fsp3) is 0.875. The number of aliphatic hydroxyl groups excluding tert-OH is 4. The highest BCUT2D eigenvalue weighted by Gasteiger charge is 2.42. The number of carbonyl (C=O) groups excluding carboxylic acids is 1. The number of unbranched alkanes of at least 4 members (excludes halogenated alkanes) is 2. The van der Waals surface area contributed by atoms with Crippen molar-refractivity contribution in [1.82, 2.24) is 10.6 Å². The number of amides is 2. The second-order valence-corrected chi connectivity index (χ2v) is 6.40. The van der Waals surface area contributed by atoms with E-state index >= 15 is 0 Å². The number of aliphatic hydroxyl groups is 4. The maximum Gasteiger partial charge on any atom is 0.404 e. The minimum Gasteiger partial charge on any atom is -0.465 e. The van der Waals surface area contributed by atoms with Gasteiger partial charge in [-0.25, -0.2) is 4.79 Å². The molecule has 0 radical (unpaired) electrons. The van der Waals surface area contributed by atoms with Gasteiger partial charge in [0.1, 0.15) is 24.4 Å². The molecule has 1 saturated heterocycles. The number of carboxylic acid groups (broad SMARTS) is 1. The zero-order chi connectivity index (χ0) is 19.5. The van der Waals surface area contributed by atoms with Crippen molar-refractivity contribution in [3.05, 3.63) is 0 Å². The smallest absolute Gasteiger partial charge is 0.404 e.